The largest absolute Gasteiger partial charge is 0.208 e. The normalized spacial score (nSPS) is 12.9. The number of hydrogen-bond acceptors (Lipinski definition) is 3. The molecule has 240 valence electrons. The van der Waals surface area contributed by atoms with Crippen LogP contribution in [-0.2, 0) is 0 Å². The van der Waals surface area contributed by atoms with Gasteiger partial charge in [-0.3, -0.25) is 0 Å². The van der Waals surface area contributed by atoms with Crippen molar-refractivity contribution in [3.8, 4) is 67.5 Å². The van der Waals surface area contributed by atoms with Gasteiger partial charge in [0.1, 0.15) is 0 Å². The van der Waals surface area contributed by atoms with E-state index in [1.807, 2.05) is 66.7 Å². The van der Waals surface area contributed by atoms with Crippen LogP contribution in [0.1, 0.15) is 6.85 Å². The Kier molecular flexibility index (Phi) is 6.83. The van der Waals surface area contributed by atoms with E-state index in [0.717, 1.165) is 38.6 Å². The summed E-state index contributed by atoms with van der Waals surface area (Å²) >= 11 is 0. The van der Waals surface area contributed by atoms with Gasteiger partial charge in [0.25, 0.3) is 0 Å². The van der Waals surface area contributed by atoms with Crippen molar-refractivity contribution in [3.63, 3.8) is 0 Å². The molecule has 0 saturated heterocycles. The highest BCUT2D eigenvalue weighted by atomic mass is 28.3. The fourth-order valence-electron chi connectivity index (χ4n) is 6.17. The Hall–Kier alpha value is -5.97. The van der Waals surface area contributed by atoms with E-state index in [1.165, 1.54) is 16.3 Å². The van der Waals surface area contributed by atoms with E-state index in [-0.39, 0.29) is 23.5 Å². The van der Waals surface area contributed by atoms with Crippen LogP contribution in [0, 0.1) is 0 Å². The monoisotopic (exact) mass is 664 g/mol. The summed E-state index contributed by atoms with van der Waals surface area (Å²) in [6.45, 7) is 7.09. The zero-order valence-corrected chi connectivity index (χ0v) is 29.1. The summed E-state index contributed by atoms with van der Waals surface area (Å²) in [5.41, 5.74) is 8.05. The molecule has 8 rings (SSSR count). The first kappa shape index (κ1) is 26.0. The molecule has 0 saturated carbocycles. The summed E-state index contributed by atoms with van der Waals surface area (Å²) in [7, 11) is -1.38. The lowest BCUT2D eigenvalue weighted by molar-refractivity contribution is 1.07. The molecule has 0 amide bonds. The second kappa shape index (κ2) is 13.1. The van der Waals surface area contributed by atoms with Crippen LogP contribution in [0.15, 0.2) is 170 Å². The number of hydrogen-bond donors (Lipinski definition) is 0. The lowest BCUT2D eigenvalue weighted by atomic mass is 9.96. The van der Waals surface area contributed by atoms with E-state index in [1.54, 1.807) is 0 Å². The topological polar surface area (TPSA) is 38.7 Å². The van der Waals surface area contributed by atoms with Crippen molar-refractivity contribution < 1.29 is 6.85 Å². The first-order valence-corrected chi connectivity index (χ1v) is 20.2. The van der Waals surface area contributed by atoms with E-state index >= 15 is 0 Å². The van der Waals surface area contributed by atoms with Gasteiger partial charge in [-0.1, -0.05) is 176 Å². The minimum atomic E-state index is -1.38. The van der Waals surface area contributed by atoms with Crippen molar-refractivity contribution in [2.24, 2.45) is 0 Å². The molecule has 0 spiro atoms. The standard InChI is InChI=1S/C46H37N3Si/c1-50(2,3)43-27-25-34(26-28-43)39-16-10-18-41(30-39)40-17-9-15-38(29-40)33-19-22-36(23-20-33)45-47-44(35-12-5-4-6-13-35)48-46(49-45)42-24-21-32-11-7-8-14-37(32)31-42/h4-31H,1-3H3/i4D,5D,6D,12D,13D. The molecule has 0 unspecified atom stereocenters. The third-order valence-corrected chi connectivity index (χ3v) is 11.1. The first-order valence-electron chi connectivity index (χ1n) is 19.2. The molecule has 0 bridgehead atoms. The highest BCUT2D eigenvalue weighted by Gasteiger charge is 2.16. The molecule has 1 heterocycles. The minimum Gasteiger partial charge on any atom is -0.208 e. The smallest absolute Gasteiger partial charge is 0.164 e. The molecule has 0 radical (unpaired) electrons. The van der Waals surface area contributed by atoms with E-state index < -0.39 is 26.2 Å². The molecular formula is C46H37N3Si. The van der Waals surface area contributed by atoms with Gasteiger partial charge < -0.3 is 0 Å². The van der Waals surface area contributed by atoms with E-state index in [4.69, 9.17) is 21.8 Å². The molecule has 0 fully saturated rings. The van der Waals surface area contributed by atoms with Crippen LogP contribution in [0.25, 0.3) is 78.3 Å². The molecule has 3 nitrogen and oxygen atoms in total. The average molecular weight is 665 g/mol. The van der Waals surface area contributed by atoms with Crippen molar-refractivity contribution in [1.29, 1.82) is 0 Å². The Bertz CT molecular complexity index is 2710. The maximum atomic E-state index is 8.65. The molecule has 50 heavy (non-hydrogen) atoms. The Balaban J connectivity index is 1.16. The summed E-state index contributed by atoms with van der Waals surface area (Å²) < 4.78 is 42.0. The van der Waals surface area contributed by atoms with Gasteiger partial charge in [0, 0.05) is 16.7 Å². The fourth-order valence-corrected chi connectivity index (χ4v) is 7.33. The van der Waals surface area contributed by atoms with Gasteiger partial charge in [0.15, 0.2) is 17.5 Å². The van der Waals surface area contributed by atoms with Crippen molar-refractivity contribution in [3.05, 3.63) is 170 Å². The second-order valence-electron chi connectivity index (χ2n) is 13.4. The van der Waals surface area contributed by atoms with Gasteiger partial charge in [-0.15, -0.1) is 0 Å². The molecule has 0 aliphatic carbocycles. The Morgan fingerprint density at radius 1 is 0.380 bits per heavy atom. The van der Waals surface area contributed by atoms with Gasteiger partial charge in [-0.25, -0.2) is 15.0 Å². The summed E-state index contributed by atoms with van der Waals surface area (Å²) in [6.07, 6.45) is 0. The molecule has 8 aromatic rings. The van der Waals surface area contributed by atoms with Gasteiger partial charge in [0.05, 0.1) is 14.9 Å². The highest BCUT2D eigenvalue weighted by molar-refractivity contribution is 6.88. The number of benzene rings is 7. The molecule has 0 aliphatic heterocycles. The summed E-state index contributed by atoms with van der Waals surface area (Å²) in [5.74, 6) is 0.676. The SMILES string of the molecule is [2H]c1c([2H])c([2H])c(-c2nc(-c3ccc(-c4cccc(-c5cccc(-c6ccc([Si](C)(C)C)cc6)c5)c4)cc3)nc(-c3ccc4ccccc4c3)n2)c([2H])c1[2H]. The summed E-state index contributed by atoms with van der Waals surface area (Å²) in [5, 5.41) is 3.51. The summed E-state index contributed by atoms with van der Waals surface area (Å²) in [4.78, 5) is 14.3. The lowest BCUT2D eigenvalue weighted by Gasteiger charge is -2.17. The molecule has 7 aromatic carbocycles. The molecule has 0 aliphatic rings. The van der Waals surface area contributed by atoms with Crippen molar-refractivity contribution in [2.75, 3.05) is 0 Å². The van der Waals surface area contributed by atoms with Gasteiger partial charge in [0.2, 0.25) is 0 Å². The minimum absolute atomic E-state index is 0.0103. The van der Waals surface area contributed by atoms with Gasteiger partial charge in [-0.2, -0.15) is 0 Å². The van der Waals surface area contributed by atoms with Gasteiger partial charge in [-0.05, 0) is 62.4 Å². The fraction of sp³-hybridized carbons (Fsp3) is 0.0652. The molecular weight excluding hydrogens is 623 g/mol. The number of fused-ring (bicyclic) bond motifs is 1. The van der Waals surface area contributed by atoms with Gasteiger partial charge >= 0.3 is 0 Å². The Morgan fingerprint density at radius 2 is 0.840 bits per heavy atom. The first-order chi connectivity index (χ1) is 26.4. The Morgan fingerprint density at radius 3 is 1.42 bits per heavy atom. The second-order valence-corrected chi connectivity index (χ2v) is 18.5. The van der Waals surface area contributed by atoms with Crippen LogP contribution in [0.4, 0.5) is 0 Å². The summed E-state index contributed by atoms with van der Waals surface area (Å²) in [6, 6.07) is 45.9. The predicted octanol–water partition coefficient (Wildman–Crippen LogP) is 11.6. The van der Waals surface area contributed by atoms with E-state index in [2.05, 4.69) is 92.4 Å². The molecule has 0 N–H and O–H groups in total. The third-order valence-electron chi connectivity index (χ3n) is 8.99. The number of aromatic nitrogens is 3. The van der Waals surface area contributed by atoms with Crippen molar-refractivity contribution in [1.82, 2.24) is 15.0 Å². The number of nitrogens with zero attached hydrogens (tertiary/aromatic N) is 3. The van der Waals surface area contributed by atoms with Crippen LogP contribution in [0.3, 0.4) is 0 Å². The van der Waals surface area contributed by atoms with Crippen LogP contribution in [0.2, 0.25) is 19.6 Å². The third kappa shape index (κ3) is 6.54. The van der Waals surface area contributed by atoms with Crippen molar-refractivity contribution in [2.45, 2.75) is 19.6 Å². The molecule has 1 aromatic heterocycles. The number of rotatable bonds is 7. The highest BCUT2D eigenvalue weighted by Crippen LogP contribution is 2.32. The predicted molar refractivity (Wildman–Crippen MR) is 213 cm³/mol. The maximum Gasteiger partial charge on any atom is 0.164 e. The van der Waals surface area contributed by atoms with Crippen molar-refractivity contribution >= 4 is 24.0 Å². The van der Waals surface area contributed by atoms with Crippen LogP contribution in [-0.4, -0.2) is 23.0 Å². The lowest BCUT2D eigenvalue weighted by Crippen LogP contribution is -2.37. The van der Waals surface area contributed by atoms with E-state index in [0.29, 0.717) is 17.2 Å². The average Bonchev–Trinajstić information content (AvgIpc) is 3.22. The maximum absolute atomic E-state index is 8.65. The van der Waals surface area contributed by atoms with E-state index in [9.17, 15) is 0 Å². The van der Waals surface area contributed by atoms with Crippen LogP contribution < -0.4 is 5.19 Å². The molecule has 4 heteroatoms. The zero-order chi connectivity index (χ0) is 38.4. The quantitative estimate of drug-likeness (QED) is 0.159. The Labute approximate surface area is 302 Å². The van der Waals surface area contributed by atoms with Crippen LogP contribution >= 0.6 is 0 Å². The zero-order valence-electron chi connectivity index (χ0n) is 33.1. The van der Waals surface area contributed by atoms with Crippen LogP contribution in [0.5, 0.6) is 0 Å². The molecule has 0 atom stereocenters.